The van der Waals surface area contributed by atoms with Crippen LogP contribution in [0.5, 0.6) is 5.75 Å². The molecule has 0 bridgehead atoms. The SMILES string of the molecule is CC1COc2ccccc2N1C(=O)c1cccc(-n2cnnn2)c1. The van der Waals surface area contributed by atoms with Crippen LogP contribution in [0.1, 0.15) is 17.3 Å². The summed E-state index contributed by atoms with van der Waals surface area (Å²) in [5.74, 6) is 0.647. The zero-order valence-corrected chi connectivity index (χ0v) is 13.0. The largest absolute Gasteiger partial charge is 0.489 e. The second kappa shape index (κ2) is 5.77. The molecule has 120 valence electrons. The van der Waals surface area contributed by atoms with E-state index >= 15 is 0 Å². The quantitative estimate of drug-likeness (QED) is 0.722. The van der Waals surface area contributed by atoms with Crippen molar-refractivity contribution in [3.8, 4) is 11.4 Å². The van der Waals surface area contributed by atoms with Gasteiger partial charge in [0.05, 0.1) is 17.4 Å². The number of nitrogens with zero attached hydrogens (tertiary/aromatic N) is 5. The third-order valence-electron chi connectivity index (χ3n) is 3.97. The van der Waals surface area contributed by atoms with Gasteiger partial charge in [-0.2, -0.15) is 0 Å². The summed E-state index contributed by atoms with van der Waals surface area (Å²) in [5.41, 5.74) is 2.10. The highest BCUT2D eigenvalue weighted by Gasteiger charge is 2.30. The highest BCUT2D eigenvalue weighted by molar-refractivity contribution is 6.07. The van der Waals surface area contributed by atoms with Gasteiger partial charge in [0.25, 0.3) is 5.91 Å². The lowest BCUT2D eigenvalue weighted by Gasteiger charge is -2.35. The standard InChI is InChI=1S/C17H15N5O2/c1-12-10-24-16-8-3-2-7-15(16)22(12)17(23)13-5-4-6-14(9-13)21-11-18-19-20-21/h2-9,11-12H,10H2,1H3. The molecular formula is C17H15N5O2. The Morgan fingerprint density at radius 2 is 2.08 bits per heavy atom. The minimum absolute atomic E-state index is 0.0518. The van der Waals surface area contributed by atoms with Crippen LogP contribution >= 0.6 is 0 Å². The fraction of sp³-hybridized carbons (Fsp3) is 0.176. The van der Waals surface area contributed by atoms with E-state index in [1.54, 1.807) is 17.0 Å². The van der Waals surface area contributed by atoms with Crippen molar-refractivity contribution in [3.05, 3.63) is 60.4 Å². The van der Waals surface area contributed by atoms with Gasteiger partial charge < -0.3 is 4.74 Å². The van der Waals surface area contributed by atoms with Crippen LogP contribution in [0.3, 0.4) is 0 Å². The van der Waals surface area contributed by atoms with E-state index in [2.05, 4.69) is 15.5 Å². The lowest BCUT2D eigenvalue weighted by atomic mass is 10.1. The molecule has 1 aliphatic heterocycles. The summed E-state index contributed by atoms with van der Waals surface area (Å²) >= 11 is 0. The van der Waals surface area contributed by atoms with E-state index in [-0.39, 0.29) is 11.9 Å². The molecule has 0 saturated carbocycles. The van der Waals surface area contributed by atoms with Crippen molar-refractivity contribution in [2.45, 2.75) is 13.0 Å². The predicted molar refractivity (Wildman–Crippen MR) is 87.4 cm³/mol. The maximum absolute atomic E-state index is 13.1. The second-order valence-electron chi connectivity index (χ2n) is 5.61. The van der Waals surface area contributed by atoms with E-state index < -0.39 is 0 Å². The maximum Gasteiger partial charge on any atom is 0.258 e. The summed E-state index contributed by atoms with van der Waals surface area (Å²) in [6.07, 6.45) is 1.50. The zero-order chi connectivity index (χ0) is 16.5. The summed E-state index contributed by atoms with van der Waals surface area (Å²) in [4.78, 5) is 14.9. The normalized spacial score (nSPS) is 16.4. The van der Waals surface area contributed by atoms with Crippen molar-refractivity contribution in [2.75, 3.05) is 11.5 Å². The molecule has 1 unspecified atom stereocenters. The van der Waals surface area contributed by atoms with Gasteiger partial charge in [0.15, 0.2) is 0 Å². The Morgan fingerprint density at radius 3 is 2.92 bits per heavy atom. The van der Waals surface area contributed by atoms with Gasteiger partial charge in [0.1, 0.15) is 18.7 Å². The molecule has 7 heteroatoms. The molecule has 0 spiro atoms. The monoisotopic (exact) mass is 321 g/mol. The van der Waals surface area contributed by atoms with Crippen molar-refractivity contribution < 1.29 is 9.53 Å². The molecule has 7 nitrogen and oxygen atoms in total. The fourth-order valence-electron chi connectivity index (χ4n) is 2.81. The summed E-state index contributed by atoms with van der Waals surface area (Å²) in [5, 5.41) is 11.1. The van der Waals surface area contributed by atoms with Gasteiger partial charge in [0.2, 0.25) is 0 Å². The van der Waals surface area contributed by atoms with Gasteiger partial charge in [-0.15, -0.1) is 5.10 Å². The zero-order valence-electron chi connectivity index (χ0n) is 13.0. The molecule has 3 aromatic rings. The van der Waals surface area contributed by atoms with E-state index in [0.717, 1.165) is 17.1 Å². The number of fused-ring (bicyclic) bond motifs is 1. The highest BCUT2D eigenvalue weighted by atomic mass is 16.5. The number of anilines is 1. The first kappa shape index (κ1) is 14.4. The number of hydrogen-bond acceptors (Lipinski definition) is 5. The molecular weight excluding hydrogens is 306 g/mol. The lowest BCUT2D eigenvalue weighted by molar-refractivity contribution is 0.0961. The van der Waals surface area contributed by atoms with Gasteiger partial charge in [0, 0.05) is 5.56 Å². The molecule has 0 N–H and O–H groups in total. The van der Waals surface area contributed by atoms with Gasteiger partial charge in [-0.25, -0.2) is 4.68 Å². The van der Waals surface area contributed by atoms with Crippen molar-refractivity contribution in [2.24, 2.45) is 0 Å². The molecule has 2 aromatic carbocycles. The average molecular weight is 321 g/mol. The van der Waals surface area contributed by atoms with E-state index in [1.165, 1.54) is 11.0 Å². The number of rotatable bonds is 2. The van der Waals surface area contributed by atoms with Gasteiger partial charge in [-0.1, -0.05) is 18.2 Å². The first-order chi connectivity index (χ1) is 11.7. The van der Waals surface area contributed by atoms with Crippen molar-refractivity contribution in [3.63, 3.8) is 0 Å². The number of ether oxygens (including phenoxy) is 1. The number of amides is 1. The van der Waals surface area contributed by atoms with E-state index in [0.29, 0.717) is 12.2 Å². The fourth-order valence-corrected chi connectivity index (χ4v) is 2.81. The Balaban J connectivity index is 1.73. The Morgan fingerprint density at radius 1 is 1.21 bits per heavy atom. The summed E-state index contributed by atoms with van der Waals surface area (Å²) in [6, 6.07) is 14.8. The third-order valence-corrected chi connectivity index (χ3v) is 3.97. The molecule has 1 aliphatic rings. The summed E-state index contributed by atoms with van der Waals surface area (Å²) in [6.45, 7) is 2.44. The van der Waals surface area contributed by atoms with E-state index in [4.69, 9.17) is 4.74 Å². The molecule has 24 heavy (non-hydrogen) atoms. The molecule has 0 aliphatic carbocycles. The number of aromatic nitrogens is 4. The first-order valence-corrected chi connectivity index (χ1v) is 7.63. The molecule has 1 atom stereocenters. The molecule has 0 fully saturated rings. The molecule has 4 rings (SSSR count). The number of para-hydroxylation sites is 2. The van der Waals surface area contributed by atoms with Crippen molar-refractivity contribution in [1.82, 2.24) is 20.2 Å². The van der Waals surface area contributed by atoms with E-state index in [1.807, 2.05) is 43.3 Å². The Hall–Kier alpha value is -3.22. The van der Waals surface area contributed by atoms with Gasteiger partial charge in [-0.3, -0.25) is 9.69 Å². The van der Waals surface area contributed by atoms with Gasteiger partial charge >= 0.3 is 0 Å². The van der Waals surface area contributed by atoms with Crippen LogP contribution in [0.4, 0.5) is 5.69 Å². The molecule has 0 radical (unpaired) electrons. The van der Waals surface area contributed by atoms with Gasteiger partial charge in [-0.05, 0) is 47.7 Å². The van der Waals surface area contributed by atoms with Crippen molar-refractivity contribution in [1.29, 1.82) is 0 Å². The Kier molecular flexibility index (Phi) is 3.45. The lowest BCUT2D eigenvalue weighted by Crippen LogP contribution is -2.45. The minimum atomic E-state index is -0.0758. The van der Waals surface area contributed by atoms with Crippen molar-refractivity contribution >= 4 is 11.6 Å². The number of carbonyl (C=O) groups excluding carboxylic acids is 1. The molecule has 1 aromatic heterocycles. The first-order valence-electron chi connectivity index (χ1n) is 7.63. The Labute approximate surface area is 138 Å². The summed E-state index contributed by atoms with van der Waals surface area (Å²) in [7, 11) is 0. The average Bonchev–Trinajstić information content (AvgIpc) is 3.16. The topological polar surface area (TPSA) is 73.1 Å². The van der Waals surface area contributed by atoms with Crippen LogP contribution in [0.25, 0.3) is 5.69 Å². The second-order valence-corrected chi connectivity index (χ2v) is 5.61. The molecule has 1 amide bonds. The number of hydrogen-bond donors (Lipinski definition) is 0. The summed E-state index contributed by atoms with van der Waals surface area (Å²) < 4.78 is 7.23. The molecule has 2 heterocycles. The van der Waals surface area contributed by atoms with Crippen LogP contribution in [-0.2, 0) is 0 Å². The van der Waals surface area contributed by atoms with Crippen LogP contribution in [0.2, 0.25) is 0 Å². The number of tetrazole rings is 1. The minimum Gasteiger partial charge on any atom is -0.489 e. The van der Waals surface area contributed by atoms with E-state index in [9.17, 15) is 4.79 Å². The van der Waals surface area contributed by atoms with Crippen LogP contribution < -0.4 is 9.64 Å². The smallest absolute Gasteiger partial charge is 0.258 e. The predicted octanol–water partition coefficient (Wildman–Crippen LogP) is 2.09. The highest BCUT2D eigenvalue weighted by Crippen LogP contribution is 2.34. The van der Waals surface area contributed by atoms with Crippen LogP contribution in [0, 0.1) is 0 Å². The number of carbonyl (C=O) groups is 1. The molecule has 0 saturated heterocycles. The van der Waals surface area contributed by atoms with Crippen LogP contribution in [-0.4, -0.2) is 38.8 Å². The number of benzene rings is 2. The van der Waals surface area contributed by atoms with Crippen LogP contribution in [0.15, 0.2) is 54.9 Å². The third kappa shape index (κ3) is 2.40. The Bertz CT molecular complexity index is 878. The maximum atomic E-state index is 13.1.